The SMILES string of the molecule is CC(C)(C)C1=CC(O)(C(C)(C)C)CC(n2nc3ccccc3n2)=C1. The molecule has 1 aliphatic carbocycles. The zero-order chi connectivity index (χ0) is 17.8. The van der Waals surface area contributed by atoms with Gasteiger partial charge in [0.15, 0.2) is 0 Å². The number of fused-ring (bicyclic) bond motifs is 1. The van der Waals surface area contributed by atoms with Crippen molar-refractivity contribution in [1.29, 1.82) is 0 Å². The van der Waals surface area contributed by atoms with Crippen molar-refractivity contribution >= 4 is 16.7 Å². The second-order valence-corrected chi connectivity index (χ2v) is 8.81. The van der Waals surface area contributed by atoms with Gasteiger partial charge in [-0.1, -0.05) is 53.7 Å². The van der Waals surface area contributed by atoms with Crippen LogP contribution in [0.15, 0.2) is 42.0 Å². The van der Waals surface area contributed by atoms with Crippen molar-refractivity contribution in [3.8, 4) is 0 Å². The summed E-state index contributed by atoms with van der Waals surface area (Å²) in [5.74, 6) is 0. The molecule has 128 valence electrons. The molecule has 1 aromatic heterocycles. The molecule has 1 unspecified atom stereocenters. The third-order valence-corrected chi connectivity index (χ3v) is 4.88. The Hall–Kier alpha value is -1.94. The van der Waals surface area contributed by atoms with E-state index in [1.54, 1.807) is 4.80 Å². The highest BCUT2D eigenvalue weighted by atomic mass is 16.3. The monoisotopic (exact) mass is 325 g/mol. The summed E-state index contributed by atoms with van der Waals surface area (Å²) in [6, 6.07) is 7.84. The Labute approximate surface area is 143 Å². The maximum atomic E-state index is 11.4. The summed E-state index contributed by atoms with van der Waals surface area (Å²) in [6.45, 7) is 12.7. The topological polar surface area (TPSA) is 50.9 Å². The van der Waals surface area contributed by atoms with Crippen LogP contribution in [-0.2, 0) is 0 Å². The number of allylic oxidation sites excluding steroid dienone is 2. The van der Waals surface area contributed by atoms with Crippen LogP contribution in [0.5, 0.6) is 0 Å². The Balaban J connectivity index is 2.13. The van der Waals surface area contributed by atoms with Gasteiger partial charge in [0.05, 0.1) is 11.3 Å². The van der Waals surface area contributed by atoms with E-state index in [0.29, 0.717) is 6.42 Å². The van der Waals surface area contributed by atoms with Gasteiger partial charge in [-0.25, -0.2) is 0 Å². The summed E-state index contributed by atoms with van der Waals surface area (Å²) in [6.07, 6.45) is 4.65. The average molecular weight is 325 g/mol. The highest BCUT2D eigenvalue weighted by Gasteiger charge is 2.42. The van der Waals surface area contributed by atoms with Gasteiger partial charge in [0.1, 0.15) is 11.0 Å². The van der Waals surface area contributed by atoms with Gasteiger partial charge in [0, 0.05) is 6.42 Å². The minimum Gasteiger partial charge on any atom is -0.385 e. The first-order valence-corrected chi connectivity index (χ1v) is 8.48. The van der Waals surface area contributed by atoms with Crippen molar-refractivity contribution in [3.05, 3.63) is 42.0 Å². The first-order chi connectivity index (χ1) is 11.0. The zero-order valence-electron chi connectivity index (χ0n) is 15.5. The van der Waals surface area contributed by atoms with E-state index in [4.69, 9.17) is 0 Å². The molecule has 24 heavy (non-hydrogen) atoms. The van der Waals surface area contributed by atoms with Gasteiger partial charge < -0.3 is 5.11 Å². The van der Waals surface area contributed by atoms with Crippen LogP contribution in [0, 0.1) is 10.8 Å². The molecule has 2 aromatic rings. The molecule has 1 aliphatic rings. The van der Waals surface area contributed by atoms with E-state index in [-0.39, 0.29) is 10.8 Å². The summed E-state index contributed by atoms with van der Waals surface area (Å²) in [5.41, 5.74) is 2.50. The van der Waals surface area contributed by atoms with Crippen LogP contribution in [0.2, 0.25) is 0 Å². The Kier molecular flexibility index (Phi) is 3.72. The summed E-state index contributed by atoms with van der Waals surface area (Å²) >= 11 is 0. The van der Waals surface area contributed by atoms with Crippen LogP contribution in [0.3, 0.4) is 0 Å². The molecule has 4 heteroatoms. The second-order valence-electron chi connectivity index (χ2n) is 8.81. The lowest BCUT2D eigenvalue weighted by Crippen LogP contribution is -2.44. The summed E-state index contributed by atoms with van der Waals surface area (Å²) < 4.78 is 0. The fourth-order valence-corrected chi connectivity index (χ4v) is 2.89. The quantitative estimate of drug-likeness (QED) is 0.844. The van der Waals surface area contributed by atoms with Crippen LogP contribution in [0.25, 0.3) is 16.7 Å². The van der Waals surface area contributed by atoms with Gasteiger partial charge in [-0.05, 0) is 40.7 Å². The highest BCUT2D eigenvalue weighted by Crippen LogP contribution is 2.44. The Morgan fingerprint density at radius 3 is 2.00 bits per heavy atom. The lowest BCUT2D eigenvalue weighted by atomic mass is 9.68. The number of hydrogen-bond donors (Lipinski definition) is 1. The molecule has 4 nitrogen and oxygen atoms in total. The van der Waals surface area contributed by atoms with Gasteiger partial charge in [-0.3, -0.25) is 0 Å². The van der Waals surface area contributed by atoms with Crippen LogP contribution >= 0.6 is 0 Å². The zero-order valence-corrected chi connectivity index (χ0v) is 15.5. The molecule has 0 bridgehead atoms. The van der Waals surface area contributed by atoms with E-state index in [9.17, 15) is 5.11 Å². The van der Waals surface area contributed by atoms with Crippen molar-refractivity contribution in [2.75, 3.05) is 0 Å². The van der Waals surface area contributed by atoms with Crippen LogP contribution in [-0.4, -0.2) is 25.7 Å². The minimum atomic E-state index is -0.931. The van der Waals surface area contributed by atoms with Gasteiger partial charge in [-0.15, -0.1) is 10.2 Å². The maximum absolute atomic E-state index is 11.4. The fraction of sp³-hybridized carbons (Fsp3) is 0.500. The van der Waals surface area contributed by atoms with Crippen LogP contribution in [0.1, 0.15) is 48.0 Å². The number of aliphatic hydroxyl groups is 1. The minimum absolute atomic E-state index is 0.0581. The van der Waals surface area contributed by atoms with Crippen molar-refractivity contribution in [3.63, 3.8) is 0 Å². The summed E-state index contributed by atoms with van der Waals surface area (Å²) in [5, 5.41) is 20.6. The molecule has 0 spiro atoms. The van der Waals surface area contributed by atoms with E-state index < -0.39 is 5.60 Å². The predicted molar refractivity (Wildman–Crippen MR) is 98.4 cm³/mol. The first-order valence-electron chi connectivity index (χ1n) is 8.48. The average Bonchev–Trinajstić information content (AvgIpc) is 2.88. The van der Waals surface area contributed by atoms with E-state index >= 15 is 0 Å². The second kappa shape index (κ2) is 5.28. The van der Waals surface area contributed by atoms with Gasteiger partial charge in [-0.2, -0.15) is 4.80 Å². The van der Waals surface area contributed by atoms with E-state index in [1.807, 2.05) is 30.3 Å². The molecule has 0 aliphatic heterocycles. The number of rotatable bonds is 1. The van der Waals surface area contributed by atoms with Crippen molar-refractivity contribution in [1.82, 2.24) is 15.0 Å². The van der Waals surface area contributed by atoms with E-state index in [2.05, 4.69) is 57.8 Å². The van der Waals surface area contributed by atoms with Crippen molar-refractivity contribution < 1.29 is 5.11 Å². The Bertz CT molecular complexity index is 797. The molecule has 0 amide bonds. The standard InChI is InChI=1S/C20H27N3O/c1-18(2,3)14-11-15(13-20(24,12-14)19(4,5)6)23-21-16-9-7-8-10-17(16)22-23/h7-12,24H,13H2,1-6H3. The van der Waals surface area contributed by atoms with E-state index in [1.165, 1.54) is 0 Å². The van der Waals surface area contributed by atoms with Gasteiger partial charge >= 0.3 is 0 Å². The molecular weight excluding hydrogens is 298 g/mol. The molecule has 1 N–H and O–H groups in total. The highest BCUT2D eigenvalue weighted by molar-refractivity contribution is 5.74. The number of nitrogens with zero attached hydrogens (tertiary/aromatic N) is 3. The molecule has 1 atom stereocenters. The predicted octanol–water partition coefficient (Wildman–Crippen LogP) is 4.43. The summed E-state index contributed by atoms with van der Waals surface area (Å²) in [7, 11) is 0. The molecular formula is C20H27N3O. The molecule has 1 aromatic carbocycles. The number of hydrogen-bond acceptors (Lipinski definition) is 3. The summed E-state index contributed by atoms with van der Waals surface area (Å²) in [4.78, 5) is 1.68. The number of benzene rings is 1. The fourth-order valence-electron chi connectivity index (χ4n) is 2.89. The third-order valence-electron chi connectivity index (χ3n) is 4.88. The molecule has 0 radical (unpaired) electrons. The van der Waals surface area contributed by atoms with Gasteiger partial charge in [0.2, 0.25) is 0 Å². The Morgan fingerprint density at radius 2 is 1.54 bits per heavy atom. The lowest BCUT2D eigenvalue weighted by molar-refractivity contribution is -0.0126. The Morgan fingerprint density at radius 1 is 1.00 bits per heavy atom. The lowest BCUT2D eigenvalue weighted by Gasteiger charge is -2.42. The van der Waals surface area contributed by atoms with Gasteiger partial charge in [0.25, 0.3) is 0 Å². The van der Waals surface area contributed by atoms with Crippen LogP contribution < -0.4 is 0 Å². The van der Waals surface area contributed by atoms with Crippen molar-refractivity contribution in [2.45, 2.75) is 53.6 Å². The van der Waals surface area contributed by atoms with E-state index in [0.717, 1.165) is 22.3 Å². The molecule has 0 saturated carbocycles. The molecule has 3 rings (SSSR count). The number of aromatic nitrogens is 3. The maximum Gasteiger partial charge on any atom is 0.113 e. The van der Waals surface area contributed by atoms with Crippen molar-refractivity contribution in [2.24, 2.45) is 10.8 Å². The normalized spacial score (nSPS) is 22.5. The molecule has 0 saturated heterocycles. The molecule has 1 heterocycles. The van der Waals surface area contributed by atoms with Crippen LogP contribution in [0.4, 0.5) is 0 Å². The third kappa shape index (κ3) is 2.91. The molecule has 0 fully saturated rings. The smallest absolute Gasteiger partial charge is 0.113 e. The largest absolute Gasteiger partial charge is 0.385 e. The first kappa shape index (κ1) is 16.9.